The van der Waals surface area contributed by atoms with Crippen LogP contribution in [-0.4, -0.2) is 82.1 Å². The van der Waals surface area contributed by atoms with Crippen LogP contribution < -0.4 is 5.32 Å². The Hall–Kier alpha value is -3.75. The van der Waals surface area contributed by atoms with Crippen molar-refractivity contribution in [3.8, 4) is 11.1 Å². The topological polar surface area (TPSA) is 80.4 Å². The Kier molecular flexibility index (Phi) is 8.00. The first kappa shape index (κ1) is 25.9. The van der Waals surface area contributed by atoms with Crippen molar-refractivity contribution in [1.29, 1.82) is 0 Å². The van der Waals surface area contributed by atoms with E-state index in [1.54, 1.807) is 0 Å². The number of benzene rings is 1. The molecule has 0 spiro atoms. The van der Waals surface area contributed by atoms with E-state index in [0.29, 0.717) is 11.4 Å². The number of likely N-dealkylation sites (N-methyl/N-ethyl adjacent to an activating group) is 1. The number of pyridine rings is 1. The van der Waals surface area contributed by atoms with Gasteiger partial charge in [0.25, 0.3) is 5.91 Å². The minimum absolute atomic E-state index is 0.250. The number of amides is 1. The molecule has 0 atom stereocenters. The van der Waals surface area contributed by atoms with Crippen molar-refractivity contribution < 1.29 is 4.79 Å². The smallest absolute Gasteiger partial charge is 0.276 e. The zero-order valence-corrected chi connectivity index (χ0v) is 22.4. The summed E-state index contributed by atoms with van der Waals surface area (Å²) in [6.45, 7) is 13.3. The number of hydrogen-bond acceptors (Lipinski definition) is 6. The third kappa shape index (κ3) is 6.03. The molecular weight excluding hydrogens is 474 g/mol. The zero-order valence-electron chi connectivity index (χ0n) is 22.4. The normalized spacial score (nSPS) is 17.5. The van der Waals surface area contributed by atoms with Gasteiger partial charge in [-0.1, -0.05) is 18.7 Å². The van der Waals surface area contributed by atoms with Crippen LogP contribution in [0.3, 0.4) is 0 Å². The molecule has 0 aliphatic carbocycles. The van der Waals surface area contributed by atoms with E-state index >= 15 is 0 Å². The maximum absolute atomic E-state index is 13.2. The molecule has 2 aliphatic heterocycles. The van der Waals surface area contributed by atoms with Crippen molar-refractivity contribution in [3.63, 3.8) is 0 Å². The number of nitrogens with one attached hydrogen (secondary N) is 2. The number of rotatable bonds is 8. The quantitative estimate of drug-likeness (QED) is 0.442. The maximum Gasteiger partial charge on any atom is 0.276 e. The number of aromatic amines is 1. The van der Waals surface area contributed by atoms with Gasteiger partial charge in [-0.2, -0.15) is 5.10 Å². The molecule has 38 heavy (non-hydrogen) atoms. The third-order valence-electron chi connectivity index (χ3n) is 7.44. The van der Waals surface area contributed by atoms with Crippen LogP contribution in [0, 0.1) is 0 Å². The summed E-state index contributed by atoms with van der Waals surface area (Å²) in [6, 6.07) is 8.23. The van der Waals surface area contributed by atoms with Gasteiger partial charge in [-0.05, 0) is 68.3 Å². The molecule has 198 valence electrons. The molecule has 8 nitrogen and oxygen atoms in total. The first-order valence-electron chi connectivity index (χ1n) is 13.4. The van der Waals surface area contributed by atoms with E-state index in [4.69, 9.17) is 0 Å². The molecular formula is C30H37N7O. The molecule has 1 aromatic carbocycles. The summed E-state index contributed by atoms with van der Waals surface area (Å²) in [5.41, 5.74) is 6.10. The third-order valence-corrected chi connectivity index (χ3v) is 7.44. The largest absolute Gasteiger partial charge is 0.372 e. The number of nitrogens with zero attached hydrogens (tertiary/aromatic N) is 5. The van der Waals surface area contributed by atoms with Crippen molar-refractivity contribution in [3.05, 3.63) is 84.1 Å². The van der Waals surface area contributed by atoms with Crippen LogP contribution in [-0.2, 0) is 6.54 Å². The van der Waals surface area contributed by atoms with Crippen LogP contribution in [0.1, 0.15) is 35.8 Å². The summed E-state index contributed by atoms with van der Waals surface area (Å²) >= 11 is 0. The van der Waals surface area contributed by atoms with Crippen molar-refractivity contribution in [1.82, 2.24) is 35.2 Å². The molecule has 0 bridgehead atoms. The van der Waals surface area contributed by atoms with Gasteiger partial charge in [-0.3, -0.25) is 19.8 Å². The molecule has 1 amide bonds. The molecule has 2 aromatic heterocycles. The lowest BCUT2D eigenvalue weighted by molar-refractivity contribution is 0.0963. The number of carbonyl (C=O) groups excluding carboxylic acids is 1. The fourth-order valence-corrected chi connectivity index (χ4v) is 5.06. The highest BCUT2D eigenvalue weighted by atomic mass is 16.2. The minimum atomic E-state index is -0.250. The second-order valence-corrected chi connectivity index (χ2v) is 10.2. The molecule has 2 saturated heterocycles. The van der Waals surface area contributed by atoms with Gasteiger partial charge in [0.1, 0.15) is 0 Å². The van der Waals surface area contributed by atoms with Crippen molar-refractivity contribution >= 4 is 16.8 Å². The van der Waals surface area contributed by atoms with E-state index in [1.165, 1.54) is 18.4 Å². The minimum Gasteiger partial charge on any atom is -0.372 e. The monoisotopic (exact) mass is 511 g/mol. The molecule has 5 rings (SSSR count). The Morgan fingerprint density at radius 2 is 1.84 bits per heavy atom. The van der Waals surface area contributed by atoms with Crippen LogP contribution in [0.15, 0.2) is 72.9 Å². The Bertz CT molecular complexity index is 1360. The summed E-state index contributed by atoms with van der Waals surface area (Å²) in [5, 5.41) is 11.1. The average Bonchev–Trinajstić information content (AvgIpc) is 3.62. The number of allylic oxidation sites excluding steroid dienone is 3. The predicted molar refractivity (Wildman–Crippen MR) is 152 cm³/mol. The van der Waals surface area contributed by atoms with Gasteiger partial charge in [0.2, 0.25) is 0 Å². The molecule has 8 heteroatoms. The van der Waals surface area contributed by atoms with E-state index in [9.17, 15) is 4.79 Å². The number of likely N-dealkylation sites (tertiary alicyclic amines) is 1. The van der Waals surface area contributed by atoms with E-state index in [2.05, 4.69) is 54.9 Å². The summed E-state index contributed by atoms with van der Waals surface area (Å²) in [7, 11) is 2.17. The molecule has 4 heterocycles. The first-order valence-corrected chi connectivity index (χ1v) is 13.4. The van der Waals surface area contributed by atoms with Crippen molar-refractivity contribution in [2.24, 2.45) is 0 Å². The molecule has 0 unspecified atom stereocenters. The van der Waals surface area contributed by atoms with Gasteiger partial charge < -0.3 is 15.1 Å². The van der Waals surface area contributed by atoms with Crippen LogP contribution in [0.25, 0.3) is 22.0 Å². The highest BCUT2D eigenvalue weighted by molar-refractivity contribution is 6.06. The summed E-state index contributed by atoms with van der Waals surface area (Å²) in [4.78, 5) is 24.8. The number of aromatic nitrogens is 3. The number of carbonyl (C=O) groups is 1. The van der Waals surface area contributed by atoms with Gasteiger partial charge in [-0.15, -0.1) is 0 Å². The summed E-state index contributed by atoms with van der Waals surface area (Å²) < 4.78 is 0. The highest BCUT2D eigenvalue weighted by Crippen LogP contribution is 2.26. The van der Waals surface area contributed by atoms with Crippen LogP contribution in [0.5, 0.6) is 0 Å². The lowest BCUT2D eigenvalue weighted by Gasteiger charge is -2.32. The van der Waals surface area contributed by atoms with Crippen molar-refractivity contribution in [2.75, 3.05) is 46.3 Å². The Balaban J connectivity index is 1.30. The molecule has 0 radical (unpaired) electrons. The van der Waals surface area contributed by atoms with E-state index in [0.717, 1.165) is 73.5 Å². The molecule has 3 aromatic rings. The maximum atomic E-state index is 13.2. The van der Waals surface area contributed by atoms with Gasteiger partial charge >= 0.3 is 0 Å². The number of H-pyrrole nitrogens is 1. The Morgan fingerprint density at radius 1 is 1.05 bits per heavy atom. The fraction of sp³-hybridized carbons (Fsp3) is 0.367. The first-order chi connectivity index (χ1) is 18.5. The standard InChI is InChI=1S/C30H37N7O/c1-4-26(9-7-22(2)37-11-5-6-12-37)32-30(38)29-27-18-24(8-10-28(27)33-34-29)25-17-23(19-31-20-25)21-36-15-13-35(3)14-16-36/h4,7-10,17-20H,2,5-6,11-16,21H2,1,3H3,(H,32,38)(H,33,34)/b9-7-,26-4+. The summed E-state index contributed by atoms with van der Waals surface area (Å²) in [5.74, 6) is -0.250. The predicted octanol–water partition coefficient (Wildman–Crippen LogP) is 4.17. The van der Waals surface area contributed by atoms with Crippen LogP contribution >= 0.6 is 0 Å². The lowest BCUT2D eigenvalue weighted by atomic mass is 10.0. The summed E-state index contributed by atoms with van der Waals surface area (Å²) in [6.07, 6.45) is 12.0. The fourth-order valence-electron chi connectivity index (χ4n) is 5.06. The Labute approximate surface area is 224 Å². The number of hydrogen-bond donors (Lipinski definition) is 2. The zero-order chi connectivity index (χ0) is 26.5. The molecule has 0 saturated carbocycles. The number of piperazine rings is 1. The van der Waals surface area contributed by atoms with Crippen LogP contribution in [0.2, 0.25) is 0 Å². The molecule has 2 aliphatic rings. The van der Waals surface area contributed by atoms with Gasteiger partial charge in [0.15, 0.2) is 5.69 Å². The number of fused-ring (bicyclic) bond motifs is 1. The molecule has 2 fully saturated rings. The van der Waals surface area contributed by atoms with Crippen molar-refractivity contribution in [2.45, 2.75) is 26.3 Å². The highest BCUT2D eigenvalue weighted by Gasteiger charge is 2.17. The SMILES string of the molecule is C=C(/C=C\C(=C/C)NC(=O)c1n[nH]c2ccc(-c3cncc(CN4CCN(C)CC4)c3)cc12)N1CCCC1. The van der Waals surface area contributed by atoms with Crippen LogP contribution in [0.4, 0.5) is 0 Å². The second-order valence-electron chi connectivity index (χ2n) is 10.2. The molecule has 2 N–H and O–H groups in total. The van der Waals surface area contributed by atoms with E-state index in [1.807, 2.05) is 55.7 Å². The second kappa shape index (κ2) is 11.8. The Morgan fingerprint density at radius 3 is 2.61 bits per heavy atom. The van der Waals surface area contributed by atoms with Gasteiger partial charge in [0, 0.05) is 80.6 Å². The van der Waals surface area contributed by atoms with Gasteiger partial charge in [-0.25, -0.2) is 0 Å². The lowest BCUT2D eigenvalue weighted by Crippen LogP contribution is -2.43. The van der Waals surface area contributed by atoms with E-state index < -0.39 is 0 Å². The van der Waals surface area contributed by atoms with E-state index in [-0.39, 0.29) is 5.91 Å². The van der Waals surface area contributed by atoms with Gasteiger partial charge in [0.05, 0.1) is 5.52 Å². The average molecular weight is 512 g/mol.